The molecule has 0 heterocycles. The first-order valence-electron chi connectivity index (χ1n) is 6.50. The van der Waals surface area contributed by atoms with E-state index in [1.807, 2.05) is 13.8 Å². The zero-order valence-electron chi connectivity index (χ0n) is 11.5. The van der Waals surface area contributed by atoms with Crippen LogP contribution in [0.15, 0.2) is 36.4 Å². The fraction of sp³-hybridized carbons (Fsp3) is 0.250. The van der Waals surface area contributed by atoms with Crippen LogP contribution in [-0.2, 0) is 0 Å². The van der Waals surface area contributed by atoms with Gasteiger partial charge in [-0.3, -0.25) is 0 Å². The summed E-state index contributed by atoms with van der Waals surface area (Å²) in [5, 5.41) is 0. The fourth-order valence-electron chi connectivity index (χ4n) is 1.90. The predicted octanol–water partition coefficient (Wildman–Crippen LogP) is 5.36. The molecular weight excluding hydrogens is 478 g/mol. The first-order chi connectivity index (χ1) is 9.65. The second-order valence-electron chi connectivity index (χ2n) is 4.16. The minimum absolute atomic E-state index is 0.677. The lowest BCUT2D eigenvalue weighted by Gasteiger charge is -2.11. The van der Waals surface area contributed by atoms with Crippen molar-refractivity contribution in [2.45, 2.75) is 13.8 Å². The van der Waals surface area contributed by atoms with Crippen LogP contribution in [0.2, 0.25) is 0 Å². The van der Waals surface area contributed by atoms with E-state index in [9.17, 15) is 0 Å². The van der Waals surface area contributed by atoms with E-state index in [4.69, 9.17) is 9.47 Å². The van der Waals surface area contributed by atoms with Crippen LogP contribution in [0.25, 0.3) is 11.1 Å². The molecule has 0 saturated carbocycles. The molecule has 0 unspecified atom stereocenters. The third-order valence-corrected chi connectivity index (χ3v) is 4.58. The standard InChI is InChI=1S/C16H16I2O2/c1-3-19-15-9-11(5-7-13(15)17)12-6-8-14(18)16(10-12)20-4-2/h5-10H,3-4H2,1-2H3. The summed E-state index contributed by atoms with van der Waals surface area (Å²) < 4.78 is 13.6. The summed E-state index contributed by atoms with van der Waals surface area (Å²) in [6, 6.07) is 12.6. The lowest BCUT2D eigenvalue weighted by Crippen LogP contribution is -1.96. The first-order valence-corrected chi connectivity index (χ1v) is 8.66. The van der Waals surface area contributed by atoms with Gasteiger partial charge in [-0.2, -0.15) is 0 Å². The van der Waals surface area contributed by atoms with Gasteiger partial charge >= 0.3 is 0 Å². The number of rotatable bonds is 5. The maximum Gasteiger partial charge on any atom is 0.133 e. The van der Waals surface area contributed by atoms with Crippen molar-refractivity contribution in [1.82, 2.24) is 0 Å². The minimum Gasteiger partial charge on any atom is -0.493 e. The van der Waals surface area contributed by atoms with Crippen LogP contribution >= 0.6 is 45.2 Å². The monoisotopic (exact) mass is 494 g/mol. The van der Waals surface area contributed by atoms with Gasteiger partial charge in [-0.15, -0.1) is 0 Å². The number of benzene rings is 2. The van der Waals surface area contributed by atoms with Gasteiger partial charge in [0, 0.05) is 0 Å². The highest BCUT2D eigenvalue weighted by atomic mass is 127. The third-order valence-electron chi connectivity index (χ3n) is 2.80. The Labute approximate surface area is 147 Å². The second kappa shape index (κ2) is 7.49. The smallest absolute Gasteiger partial charge is 0.133 e. The van der Waals surface area contributed by atoms with E-state index >= 15 is 0 Å². The molecule has 2 aromatic carbocycles. The maximum atomic E-state index is 5.66. The van der Waals surface area contributed by atoms with Crippen LogP contribution in [-0.4, -0.2) is 13.2 Å². The van der Waals surface area contributed by atoms with Crippen molar-refractivity contribution in [1.29, 1.82) is 0 Å². The van der Waals surface area contributed by atoms with Gasteiger partial charge in [-0.1, -0.05) is 12.1 Å². The molecule has 0 fully saturated rings. The third kappa shape index (κ3) is 3.78. The molecule has 0 amide bonds. The quantitative estimate of drug-likeness (QED) is 0.522. The zero-order chi connectivity index (χ0) is 14.5. The summed E-state index contributed by atoms with van der Waals surface area (Å²) in [5.74, 6) is 1.87. The summed E-state index contributed by atoms with van der Waals surface area (Å²) in [7, 11) is 0. The van der Waals surface area contributed by atoms with Gasteiger partial charge in [0.1, 0.15) is 11.5 Å². The average molecular weight is 494 g/mol. The van der Waals surface area contributed by atoms with Crippen LogP contribution < -0.4 is 9.47 Å². The first kappa shape index (κ1) is 15.9. The Hall–Kier alpha value is -0.500. The van der Waals surface area contributed by atoms with Crippen LogP contribution in [0.3, 0.4) is 0 Å². The molecule has 4 heteroatoms. The number of hydrogen-bond donors (Lipinski definition) is 0. The number of halogens is 2. The molecule has 0 aliphatic heterocycles. The largest absolute Gasteiger partial charge is 0.493 e. The van der Waals surface area contributed by atoms with Crippen molar-refractivity contribution < 1.29 is 9.47 Å². The van der Waals surface area contributed by atoms with E-state index in [-0.39, 0.29) is 0 Å². The lowest BCUT2D eigenvalue weighted by atomic mass is 10.1. The molecule has 0 bridgehead atoms. The van der Waals surface area contributed by atoms with Crippen LogP contribution in [0, 0.1) is 7.14 Å². The van der Waals surface area contributed by atoms with Crippen molar-refractivity contribution in [2.75, 3.05) is 13.2 Å². The molecule has 0 N–H and O–H groups in total. The van der Waals surface area contributed by atoms with E-state index in [1.54, 1.807) is 0 Å². The molecule has 2 rings (SSSR count). The van der Waals surface area contributed by atoms with Crippen molar-refractivity contribution in [2.24, 2.45) is 0 Å². The normalized spacial score (nSPS) is 10.4. The molecule has 0 spiro atoms. The van der Waals surface area contributed by atoms with E-state index in [0.717, 1.165) is 29.8 Å². The van der Waals surface area contributed by atoms with Crippen molar-refractivity contribution >= 4 is 45.2 Å². The molecule has 2 nitrogen and oxygen atoms in total. The molecule has 2 aromatic rings. The van der Waals surface area contributed by atoms with Gasteiger partial charge in [0.05, 0.1) is 20.4 Å². The van der Waals surface area contributed by atoms with Crippen LogP contribution in [0.4, 0.5) is 0 Å². The summed E-state index contributed by atoms with van der Waals surface area (Å²) >= 11 is 4.59. The molecule has 0 radical (unpaired) electrons. The highest BCUT2D eigenvalue weighted by molar-refractivity contribution is 14.1. The van der Waals surface area contributed by atoms with Crippen LogP contribution in [0.5, 0.6) is 11.5 Å². The zero-order valence-corrected chi connectivity index (χ0v) is 15.8. The molecule has 0 atom stereocenters. The Kier molecular flexibility index (Phi) is 5.95. The summed E-state index contributed by atoms with van der Waals surface area (Å²) in [6.45, 7) is 5.36. The Morgan fingerprint density at radius 2 is 1.15 bits per heavy atom. The molecule has 106 valence electrons. The molecule has 0 aromatic heterocycles. The Morgan fingerprint density at radius 1 is 0.750 bits per heavy atom. The average Bonchev–Trinajstić information content (AvgIpc) is 2.44. The number of ether oxygens (including phenoxy) is 2. The summed E-state index contributed by atoms with van der Waals surface area (Å²) in [6.07, 6.45) is 0. The Bertz CT molecular complexity index is 544. The number of hydrogen-bond acceptors (Lipinski definition) is 2. The molecule has 0 saturated heterocycles. The van der Waals surface area contributed by atoms with Gasteiger partial charge in [-0.05, 0) is 94.4 Å². The fourth-order valence-corrected chi connectivity index (χ4v) is 2.88. The van der Waals surface area contributed by atoms with E-state index in [1.165, 1.54) is 0 Å². The van der Waals surface area contributed by atoms with E-state index < -0.39 is 0 Å². The van der Waals surface area contributed by atoms with E-state index in [2.05, 4.69) is 81.6 Å². The molecule has 20 heavy (non-hydrogen) atoms. The summed E-state index contributed by atoms with van der Waals surface area (Å²) in [5.41, 5.74) is 2.29. The van der Waals surface area contributed by atoms with Gasteiger partial charge in [0.25, 0.3) is 0 Å². The maximum absolute atomic E-state index is 5.66. The van der Waals surface area contributed by atoms with Crippen molar-refractivity contribution in [3.05, 3.63) is 43.5 Å². The van der Waals surface area contributed by atoms with Crippen molar-refractivity contribution in [3.8, 4) is 22.6 Å². The van der Waals surface area contributed by atoms with Crippen LogP contribution in [0.1, 0.15) is 13.8 Å². The van der Waals surface area contributed by atoms with Gasteiger partial charge < -0.3 is 9.47 Å². The predicted molar refractivity (Wildman–Crippen MR) is 99.7 cm³/mol. The second-order valence-corrected chi connectivity index (χ2v) is 6.48. The topological polar surface area (TPSA) is 18.5 Å². The Balaban J connectivity index is 2.40. The minimum atomic E-state index is 0.677. The van der Waals surface area contributed by atoms with Gasteiger partial charge in [-0.25, -0.2) is 0 Å². The lowest BCUT2D eigenvalue weighted by molar-refractivity contribution is 0.337. The van der Waals surface area contributed by atoms with Gasteiger partial charge in [0.2, 0.25) is 0 Å². The van der Waals surface area contributed by atoms with Crippen molar-refractivity contribution in [3.63, 3.8) is 0 Å². The molecule has 0 aliphatic carbocycles. The Morgan fingerprint density at radius 3 is 1.50 bits per heavy atom. The molecular formula is C16H16I2O2. The summed E-state index contributed by atoms with van der Waals surface area (Å²) in [4.78, 5) is 0. The van der Waals surface area contributed by atoms with E-state index in [0.29, 0.717) is 13.2 Å². The molecule has 0 aliphatic rings. The highest BCUT2D eigenvalue weighted by Crippen LogP contribution is 2.32. The SMILES string of the molecule is CCOc1cc(-c2ccc(I)c(OCC)c2)ccc1I. The highest BCUT2D eigenvalue weighted by Gasteiger charge is 2.07. The van der Waals surface area contributed by atoms with Gasteiger partial charge in [0.15, 0.2) is 0 Å².